The number of nitrogens with one attached hydrogen (secondary N) is 2. The number of amides is 1. The van der Waals surface area contributed by atoms with Crippen molar-refractivity contribution >= 4 is 45.6 Å². The molecule has 8 heteroatoms. The van der Waals surface area contributed by atoms with Crippen molar-refractivity contribution in [2.24, 2.45) is 0 Å². The van der Waals surface area contributed by atoms with Crippen molar-refractivity contribution in [1.29, 1.82) is 0 Å². The standard InChI is InChI=1S/C26H27N5O2S/c1-17-14-21-22(29-30-28-21)15-23(17)31(19-8-6-5-7-9-19)25(34)27-24(32)16-33-20-12-10-18(11-13-20)26(2,3)4/h5-15H,16H2,1-4H3,(H,27,32,34)(H,28,29,30). The SMILES string of the molecule is Cc1cc2n[nH]nc2cc1N(C(=S)NC(=O)COc1ccc(C(C)(C)C)cc1)c1ccccc1. The lowest BCUT2D eigenvalue weighted by Crippen LogP contribution is -2.42. The largest absolute Gasteiger partial charge is 0.484 e. The number of benzene rings is 3. The topological polar surface area (TPSA) is 83.1 Å². The number of hydrogen-bond acceptors (Lipinski definition) is 5. The first-order valence-electron chi connectivity index (χ1n) is 11.0. The molecule has 0 saturated carbocycles. The van der Waals surface area contributed by atoms with Crippen molar-refractivity contribution in [2.75, 3.05) is 11.5 Å². The van der Waals surface area contributed by atoms with Crippen LogP contribution < -0.4 is 15.0 Å². The fourth-order valence-electron chi connectivity index (χ4n) is 3.58. The van der Waals surface area contributed by atoms with E-state index in [2.05, 4.69) is 41.5 Å². The third kappa shape index (κ3) is 5.23. The van der Waals surface area contributed by atoms with Crippen molar-refractivity contribution in [3.63, 3.8) is 0 Å². The number of hydrogen-bond donors (Lipinski definition) is 2. The highest BCUT2D eigenvalue weighted by atomic mass is 32.1. The number of aromatic nitrogens is 3. The Kier molecular flexibility index (Phi) is 6.61. The normalized spacial score (nSPS) is 11.3. The molecule has 1 heterocycles. The zero-order valence-corrected chi connectivity index (χ0v) is 20.4. The van der Waals surface area contributed by atoms with Gasteiger partial charge in [-0.25, -0.2) is 0 Å². The van der Waals surface area contributed by atoms with Crippen LogP contribution in [-0.2, 0) is 10.2 Å². The smallest absolute Gasteiger partial charge is 0.264 e. The maximum absolute atomic E-state index is 12.7. The molecule has 2 N–H and O–H groups in total. The number of thiocarbonyl (C=S) groups is 1. The van der Waals surface area contributed by atoms with Crippen LogP contribution in [0.1, 0.15) is 31.9 Å². The van der Waals surface area contributed by atoms with Crippen molar-refractivity contribution in [1.82, 2.24) is 20.7 Å². The molecule has 174 valence electrons. The first kappa shape index (κ1) is 23.4. The van der Waals surface area contributed by atoms with Crippen LogP contribution in [-0.4, -0.2) is 33.0 Å². The van der Waals surface area contributed by atoms with E-state index < -0.39 is 0 Å². The van der Waals surface area contributed by atoms with Gasteiger partial charge in [0.2, 0.25) is 0 Å². The van der Waals surface area contributed by atoms with Crippen molar-refractivity contribution in [3.05, 3.63) is 77.9 Å². The summed E-state index contributed by atoms with van der Waals surface area (Å²) in [5.41, 5.74) is 5.28. The number of carbonyl (C=O) groups excluding carboxylic acids is 1. The molecule has 0 unspecified atom stereocenters. The molecular formula is C26H27N5O2S. The third-order valence-corrected chi connectivity index (χ3v) is 5.71. The Morgan fingerprint density at radius 3 is 2.32 bits per heavy atom. The Morgan fingerprint density at radius 1 is 1.03 bits per heavy atom. The van der Waals surface area contributed by atoms with Gasteiger partial charge in [0.05, 0.1) is 5.69 Å². The maximum Gasteiger partial charge on any atom is 0.264 e. The summed E-state index contributed by atoms with van der Waals surface area (Å²) in [6.07, 6.45) is 0. The second kappa shape index (κ2) is 9.61. The second-order valence-electron chi connectivity index (χ2n) is 9.04. The van der Waals surface area contributed by atoms with Gasteiger partial charge in [-0.1, -0.05) is 51.1 Å². The van der Waals surface area contributed by atoms with E-state index in [0.29, 0.717) is 11.3 Å². The number of aromatic amines is 1. The van der Waals surface area contributed by atoms with Gasteiger partial charge >= 0.3 is 0 Å². The molecule has 34 heavy (non-hydrogen) atoms. The predicted molar refractivity (Wildman–Crippen MR) is 139 cm³/mol. The first-order chi connectivity index (χ1) is 16.2. The fourth-order valence-corrected chi connectivity index (χ4v) is 3.89. The summed E-state index contributed by atoms with van der Waals surface area (Å²) < 4.78 is 5.69. The highest BCUT2D eigenvalue weighted by Crippen LogP contribution is 2.31. The van der Waals surface area contributed by atoms with E-state index in [1.54, 1.807) is 0 Å². The lowest BCUT2D eigenvalue weighted by atomic mass is 9.87. The summed E-state index contributed by atoms with van der Waals surface area (Å²) in [5, 5.41) is 14.0. The summed E-state index contributed by atoms with van der Waals surface area (Å²) in [5.74, 6) is 0.285. The molecular weight excluding hydrogens is 446 g/mol. The van der Waals surface area contributed by atoms with E-state index in [0.717, 1.165) is 22.5 Å². The quantitative estimate of drug-likeness (QED) is 0.389. The lowest BCUT2D eigenvalue weighted by Gasteiger charge is -2.27. The van der Waals surface area contributed by atoms with Crippen LogP contribution in [0.25, 0.3) is 11.0 Å². The molecule has 0 spiro atoms. The number of rotatable bonds is 5. The average molecular weight is 474 g/mol. The summed E-state index contributed by atoms with van der Waals surface area (Å²) in [4.78, 5) is 14.5. The van der Waals surface area contributed by atoms with Gasteiger partial charge in [0.25, 0.3) is 5.91 Å². The molecule has 0 radical (unpaired) electrons. The highest BCUT2D eigenvalue weighted by molar-refractivity contribution is 7.80. The number of fused-ring (bicyclic) bond motifs is 1. The molecule has 1 aromatic heterocycles. The monoisotopic (exact) mass is 473 g/mol. The molecule has 0 atom stereocenters. The van der Waals surface area contributed by atoms with Crippen LogP contribution in [0.2, 0.25) is 0 Å². The summed E-state index contributed by atoms with van der Waals surface area (Å²) in [6, 6.07) is 21.2. The van der Waals surface area contributed by atoms with Crippen LogP contribution in [0.15, 0.2) is 66.7 Å². The van der Waals surface area contributed by atoms with E-state index in [4.69, 9.17) is 17.0 Å². The summed E-state index contributed by atoms with van der Waals surface area (Å²) >= 11 is 5.66. The molecule has 4 rings (SSSR count). The van der Waals surface area contributed by atoms with Gasteiger partial charge in [-0.2, -0.15) is 15.4 Å². The number of ether oxygens (including phenoxy) is 1. The Morgan fingerprint density at radius 2 is 1.68 bits per heavy atom. The minimum Gasteiger partial charge on any atom is -0.484 e. The molecule has 0 saturated heterocycles. The number of carbonyl (C=O) groups is 1. The maximum atomic E-state index is 12.7. The summed E-state index contributed by atoms with van der Waals surface area (Å²) in [6.45, 7) is 8.26. The molecule has 0 aliphatic heterocycles. The lowest BCUT2D eigenvalue weighted by molar-refractivity contribution is -0.121. The minimum atomic E-state index is -0.342. The average Bonchev–Trinajstić information content (AvgIpc) is 3.25. The molecule has 0 bridgehead atoms. The van der Waals surface area contributed by atoms with Gasteiger partial charge < -0.3 is 4.74 Å². The Bertz CT molecular complexity index is 1310. The molecule has 0 fully saturated rings. The van der Waals surface area contributed by atoms with Gasteiger partial charge in [0, 0.05) is 5.69 Å². The number of H-pyrrole nitrogens is 1. The second-order valence-corrected chi connectivity index (χ2v) is 9.43. The zero-order chi connectivity index (χ0) is 24.3. The van der Waals surface area contributed by atoms with E-state index in [1.165, 1.54) is 5.56 Å². The van der Waals surface area contributed by atoms with Crippen LogP contribution >= 0.6 is 12.2 Å². The van der Waals surface area contributed by atoms with Gasteiger partial charge in [0.15, 0.2) is 11.7 Å². The Labute approximate surface area is 204 Å². The van der Waals surface area contributed by atoms with Gasteiger partial charge in [0.1, 0.15) is 16.8 Å². The van der Waals surface area contributed by atoms with E-state index >= 15 is 0 Å². The van der Waals surface area contributed by atoms with Crippen molar-refractivity contribution in [3.8, 4) is 5.75 Å². The van der Waals surface area contributed by atoms with Crippen molar-refractivity contribution in [2.45, 2.75) is 33.1 Å². The summed E-state index contributed by atoms with van der Waals surface area (Å²) in [7, 11) is 0. The number of nitrogens with zero attached hydrogens (tertiary/aromatic N) is 3. The zero-order valence-electron chi connectivity index (χ0n) is 19.6. The van der Waals surface area contributed by atoms with Crippen LogP contribution in [0, 0.1) is 6.92 Å². The first-order valence-corrected chi connectivity index (χ1v) is 11.4. The van der Waals surface area contributed by atoms with Gasteiger partial charge in [-0.15, -0.1) is 0 Å². The Hall–Kier alpha value is -3.78. The molecule has 4 aromatic rings. The molecule has 1 amide bonds. The minimum absolute atomic E-state index is 0.0517. The number of anilines is 2. The number of para-hydroxylation sites is 1. The molecule has 0 aliphatic rings. The van der Waals surface area contributed by atoms with E-state index in [9.17, 15) is 4.79 Å². The fraction of sp³-hybridized carbons (Fsp3) is 0.231. The van der Waals surface area contributed by atoms with Crippen LogP contribution in [0.5, 0.6) is 5.75 Å². The van der Waals surface area contributed by atoms with Gasteiger partial charge in [-0.3, -0.25) is 15.0 Å². The van der Waals surface area contributed by atoms with Crippen LogP contribution in [0.4, 0.5) is 11.4 Å². The predicted octanol–water partition coefficient (Wildman–Crippen LogP) is 5.18. The van der Waals surface area contributed by atoms with E-state index in [-0.39, 0.29) is 23.0 Å². The van der Waals surface area contributed by atoms with E-state index in [1.807, 2.05) is 78.6 Å². The molecule has 0 aliphatic carbocycles. The third-order valence-electron chi connectivity index (χ3n) is 5.43. The van der Waals surface area contributed by atoms with Crippen molar-refractivity contribution < 1.29 is 9.53 Å². The Balaban J connectivity index is 1.50. The van der Waals surface area contributed by atoms with Gasteiger partial charge in [-0.05, 0) is 72.1 Å². The number of aryl methyl sites for hydroxylation is 1. The highest BCUT2D eigenvalue weighted by Gasteiger charge is 2.20. The van der Waals surface area contributed by atoms with Crippen LogP contribution in [0.3, 0.4) is 0 Å². The molecule has 3 aromatic carbocycles. The molecule has 7 nitrogen and oxygen atoms in total.